The van der Waals surface area contributed by atoms with Crippen molar-refractivity contribution in [1.82, 2.24) is 29.0 Å². The molecule has 0 unspecified atom stereocenters. The lowest BCUT2D eigenvalue weighted by Gasteiger charge is -2.39. The molecule has 2 aromatic heterocycles. The minimum Gasteiger partial charge on any atom is -0.388 e. The topological polar surface area (TPSA) is 122 Å². The number of aryl methyl sites for hydroxylation is 1. The molecule has 1 aliphatic rings. The maximum atomic E-state index is 13.9. The maximum absolute atomic E-state index is 13.9. The monoisotopic (exact) mass is 740 g/mol. The van der Waals surface area contributed by atoms with E-state index in [1.807, 2.05) is 0 Å². The minimum absolute atomic E-state index is 0.00216. The molecule has 0 saturated carbocycles. The zero-order chi connectivity index (χ0) is 37.5. The highest BCUT2D eigenvalue weighted by atomic mass is 32.2. The number of halogens is 6. The molecular formula is C34H38F6N6O4S. The predicted molar refractivity (Wildman–Crippen MR) is 179 cm³/mol. The highest BCUT2D eigenvalue weighted by Gasteiger charge is 2.44. The number of carbonyl (C=O) groups excluding carboxylic acids is 1. The summed E-state index contributed by atoms with van der Waals surface area (Å²) in [7, 11) is -0.458. The van der Waals surface area contributed by atoms with Crippen molar-refractivity contribution >= 4 is 27.9 Å². The number of nitrogens with zero attached hydrogens (tertiary/aromatic N) is 5. The van der Waals surface area contributed by atoms with E-state index in [0.717, 1.165) is 0 Å². The first-order valence-electron chi connectivity index (χ1n) is 16.1. The van der Waals surface area contributed by atoms with Crippen LogP contribution in [-0.4, -0.2) is 75.2 Å². The lowest BCUT2D eigenvalue weighted by Crippen LogP contribution is -2.50. The van der Waals surface area contributed by atoms with Gasteiger partial charge in [-0.05, 0) is 44.7 Å². The lowest BCUT2D eigenvalue weighted by atomic mass is 9.90. The molecule has 5 rings (SSSR count). The summed E-state index contributed by atoms with van der Waals surface area (Å²) in [5, 5.41) is 15.6. The van der Waals surface area contributed by atoms with E-state index in [2.05, 4.69) is 14.8 Å². The third kappa shape index (κ3) is 8.52. The van der Waals surface area contributed by atoms with E-state index in [1.54, 1.807) is 33.9 Å². The fraction of sp³-hybridized carbons (Fsp3) is 0.471. The number of nitrogens with one attached hydrogen (secondary N) is 1. The fourth-order valence-electron chi connectivity index (χ4n) is 6.03. The Morgan fingerprint density at radius 1 is 0.941 bits per heavy atom. The van der Waals surface area contributed by atoms with Crippen molar-refractivity contribution in [2.75, 3.05) is 13.1 Å². The molecule has 2 aromatic carbocycles. The van der Waals surface area contributed by atoms with Gasteiger partial charge in [0, 0.05) is 32.1 Å². The van der Waals surface area contributed by atoms with Crippen LogP contribution in [0.25, 0.3) is 22.3 Å². The molecule has 3 heterocycles. The summed E-state index contributed by atoms with van der Waals surface area (Å²) in [4.78, 5) is 32.1. The highest BCUT2D eigenvalue weighted by Crippen LogP contribution is 2.39. The van der Waals surface area contributed by atoms with Gasteiger partial charge >= 0.3 is 12.4 Å². The number of amides is 1. The Labute approximate surface area is 292 Å². The van der Waals surface area contributed by atoms with Crippen LogP contribution < -0.4 is 10.3 Å². The van der Waals surface area contributed by atoms with E-state index < -0.39 is 63.5 Å². The molecule has 1 fully saturated rings. The molecule has 0 radical (unpaired) electrons. The molecule has 1 amide bonds. The largest absolute Gasteiger partial charge is 0.408 e. The number of likely N-dealkylation sites (tertiary alicyclic amines) is 1. The van der Waals surface area contributed by atoms with E-state index in [4.69, 9.17) is 0 Å². The standard InChI is InChI=1S/C34H38F6N6O4S/c1-31(2,3)51(50)43-29(34(38,39)40)23-12-10-22(11-13-23)28-26-27(42-44(28)4)30(48)46(20-41-26)19-32(49)14-16-45(17-15-32)25(47)18-24(33(35,36)37)21-8-6-5-7-9-21/h5-13,20,24,29,43,49H,14-19H2,1-4H3/t24-,29-,51+/m1/s1. The lowest BCUT2D eigenvalue weighted by molar-refractivity contribution is -0.162. The number of alkyl halides is 6. The van der Waals surface area contributed by atoms with E-state index in [1.165, 1.54) is 69.0 Å². The number of aliphatic hydroxyl groups is 1. The summed E-state index contributed by atoms with van der Waals surface area (Å²) in [6.45, 7) is 4.42. The second-order valence-electron chi connectivity index (χ2n) is 13.8. The molecule has 2 N–H and O–H groups in total. The summed E-state index contributed by atoms with van der Waals surface area (Å²) in [6, 6.07) is 10.4. The number of hydrogen-bond acceptors (Lipinski definition) is 6. The Balaban J connectivity index is 1.30. The van der Waals surface area contributed by atoms with Gasteiger partial charge in [-0.15, -0.1) is 0 Å². The van der Waals surface area contributed by atoms with Crippen LogP contribution in [0.4, 0.5) is 26.3 Å². The van der Waals surface area contributed by atoms with Crippen LogP contribution in [0.1, 0.15) is 63.1 Å². The molecule has 1 aliphatic heterocycles. The molecule has 4 aromatic rings. The van der Waals surface area contributed by atoms with Crippen molar-refractivity contribution in [3.63, 3.8) is 0 Å². The SMILES string of the molecule is Cn1nc2c(=O)n(CC3(O)CCN(C(=O)C[C@H](c4ccccc4)C(F)(F)F)CC3)cnc2c1-c1ccc([C@@H](N[S@@](=O)C(C)(C)C)C(F)(F)F)cc1. The third-order valence-corrected chi connectivity index (χ3v) is 10.5. The van der Waals surface area contributed by atoms with Crippen LogP contribution in [0.15, 0.2) is 65.7 Å². The Morgan fingerprint density at radius 3 is 2.10 bits per heavy atom. The second kappa shape index (κ2) is 14.1. The molecule has 0 bridgehead atoms. The quantitative estimate of drug-likeness (QED) is 0.218. The van der Waals surface area contributed by atoms with Gasteiger partial charge in [-0.2, -0.15) is 31.4 Å². The van der Waals surface area contributed by atoms with Crippen molar-refractivity contribution in [2.24, 2.45) is 7.05 Å². The van der Waals surface area contributed by atoms with Crippen molar-refractivity contribution in [3.05, 3.63) is 82.4 Å². The molecule has 0 aliphatic carbocycles. The number of fused-ring (bicyclic) bond motifs is 1. The second-order valence-corrected chi connectivity index (χ2v) is 15.8. The Hall–Kier alpha value is -4.09. The number of aromatic nitrogens is 4. The predicted octanol–water partition coefficient (Wildman–Crippen LogP) is 5.54. The number of carbonyl (C=O) groups is 1. The number of hydrogen-bond donors (Lipinski definition) is 2. The van der Waals surface area contributed by atoms with Crippen LogP contribution in [0, 0.1) is 0 Å². The number of piperidine rings is 1. The minimum atomic E-state index is -4.73. The van der Waals surface area contributed by atoms with Gasteiger partial charge in [0.1, 0.15) is 11.6 Å². The Bertz CT molecular complexity index is 1950. The summed E-state index contributed by atoms with van der Waals surface area (Å²) in [5.41, 5.74) is -1.33. The zero-order valence-corrected chi connectivity index (χ0v) is 29.1. The Kier molecular flexibility index (Phi) is 10.6. The molecular weight excluding hydrogens is 702 g/mol. The molecule has 17 heteroatoms. The average Bonchev–Trinajstić information content (AvgIpc) is 3.39. The molecule has 0 spiro atoms. The van der Waals surface area contributed by atoms with E-state index in [-0.39, 0.29) is 54.6 Å². The van der Waals surface area contributed by atoms with Crippen molar-refractivity contribution in [1.29, 1.82) is 0 Å². The number of benzene rings is 2. The summed E-state index contributed by atoms with van der Waals surface area (Å²) in [6.07, 6.45) is -8.90. The molecule has 51 heavy (non-hydrogen) atoms. The molecule has 3 atom stereocenters. The van der Waals surface area contributed by atoms with Crippen LogP contribution in [0.2, 0.25) is 0 Å². The summed E-state index contributed by atoms with van der Waals surface area (Å²) >= 11 is 0. The van der Waals surface area contributed by atoms with Gasteiger partial charge in [-0.1, -0.05) is 54.6 Å². The van der Waals surface area contributed by atoms with Gasteiger partial charge in [-0.3, -0.25) is 18.8 Å². The first kappa shape index (κ1) is 38.1. The van der Waals surface area contributed by atoms with E-state index in [0.29, 0.717) is 11.3 Å². The van der Waals surface area contributed by atoms with Crippen molar-refractivity contribution in [3.8, 4) is 11.3 Å². The first-order valence-corrected chi connectivity index (χ1v) is 17.2. The fourth-order valence-corrected chi connectivity index (χ4v) is 6.87. The van der Waals surface area contributed by atoms with Gasteiger partial charge in [0.15, 0.2) is 5.52 Å². The zero-order valence-electron chi connectivity index (χ0n) is 28.3. The van der Waals surface area contributed by atoms with Gasteiger partial charge in [0.25, 0.3) is 5.56 Å². The first-order chi connectivity index (χ1) is 23.7. The number of rotatable bonds is 9. The van der Waals surface area contributed by atoms with Crippen LogP contribution in [-0.2, 0) is 29.4 Å². The molecule has 10 nitrogen and oxygen atoms in total. The van der Waals surface area contributed by atoms with Crippen molar-refractivity contribution in [2.45, 2.75) is 81.2 Å². The highest BCUT2D eigenvalue weighted by molar-refractivity contribution is 7.84. The normalized spacial score (nSPS) is 17.4. The van der Waals surface area contributed by atoms with Crippen molar-refractivity contribution < 1.29 is 40.5 Å². The van der Waals surface area contributed by atoms with Crippen LogP contribution in [0.5, 0.6) is 0 Å². The average molecular weight is 741 g/mol. The van der Waals surface area contributed by atoms with E-state index >= 15 is 0 Å². The van der Waals surface area contributed by atoms with Crippen LogP contribution in [0.3, 0.4) is 0 Å². The maximum Gasteiger partial charge on any atom is 0.408 e. The summed E-state index contributed by atoms with van der Waals surface area (Å²) < 4.78 is 99.6. The van der Waals surface area contributed by atoms with Gasteiger partial charge in [0.2, 0.25) is 5.91 Å². The summed E-state index contributed by atoms with van der Waals surface area (Å²) in [5.74, 6) is -2.66. The molecule has 276 valence electrons. The van der Waals surface area contributed by atoms with Gasteiger partial charge < -0.3 is 10.0 Å². The van der Waals surface area contributed by atoms with Gasteiger partial charge in [0.05, 0.1) is 45.8 Å². The smallest absolute Gasteiger partial charge is 0.388 e. The Morgan fingerprint density at radius 2 is 1.55 bits per heavy atom. The molecule has 1 saturated heterocycles. The third-order valence-electron chi connectivity index (χ3n) is 8.93. The van der Waals surface area contributed by atoms with Crippen LogP contribution >= 0.6 is 0 Å². The van der Waals surface area contributed by atoms with Gasteiger partial charge in [-0.25, -0.2) is 13.9 Å². The van der Waals surface area contributed by atoms with E-state index in [9.17, 15) is 45.2 Å².